The molecule has 0 radical (unpaired) electrons. The number of hydrogen-bond donors (Lipinski definition) is 2. The summed E-state index contributed by atoms with van der Waals surface area (Å²) in [6.07, 6.45) is 1.44. The zero-order chi connectivity index (χ0) is 19.3. The second-order valence-electron chi connectivity index (χ2n) is 7.26. The van der Waals surface area contributed by atoms with Gasteiger partial charge in [-0.1, -0.05) is 38.4 Å². The third-order valence-corrected chi connectivity index (χ3v) is 5.08. The number of carbonyl (C=O) groups excluding carboxylic acids is 1. The minimum atomic E-state index is -0.340. The SMILES string of the molecule is CCC(=O)N1CCC(NC(=NC)NCC(C)(C)c2ccc(F)cc2Cl)C1. The molecule has 1 saturated heterocycles. The van der Waals surface area contributed by atoms with E-state index < -0.39 is 0 Å². The number of guanidine groups is 1. The van der Waals surface area contributed by atoms with E-state index in [4.69, 9.17) is 11.6 Å². The topological polar surface area (TPSA) is 56.7 Å². The highest BCUT2D eigenvalue weighted by Gasteiger charge is 2.27. The molecule has 1 aliphatic heterocycles. The predicted molar refractivity (Wildman–Crippen MR) is 104 cm³/mol. The van der Waals surface area contributed by atoms with Crippen LogP contribution in [-0.2, 0) is 10.2 Å². The van der Waals surface area contributed by atoms with Crippen molar-refractivity contribution in [2.24, 2.45) is 4.99 Å². The van der Waals surface area contributed by atoms with Crippen molar-refractivity contribution in [3.63, 3.8) is 0 Å². The van der Waals surface area contributed by atoms with Gasteiger partial charge in [0.2, 0.25) is 5.91 Å². The third-order valence-electron chi connectivity index (χ3n) is 4.77. The Kier molecular flexibility index (Phi) is 6.87. The Morgan fingerprint density at radius 1 is 1.46 bits per heavy atom. The molecule has 2 N–H and O–H groups in total. The van der Waals surface area contributed by atoms with Crippen LogP contribution in [0.15, 0.2) is 23.2 Å². The summed E-state index contributed by atoms with van der Waals surface area (Å²) in [5, 5.41) is 7.11. The van der Waals surface area contributed by atoms with Crippen LogP contribution in [0.4, 0.5) is 4.39 Å². The van der Waals surface area contributed by atoms with E-state index in [1.54, 1.807) is 13.1 Å². The molecule has 1 aromatic carbocycles. The Morgan fingerprint density at radius 2 is 2.19 bits per heavy atom. The van der Waals surface area contributed by atoms with Gasteiger partial charge >= 0.3 is 0 Å². The molecule has 1 fully saturated rings. The first-order chi connectivity index (χ1) is 12.3. The van der Waals surface area contributed by atoms with Crippen LogP contribution in [0.1, 0.15) is 39.2 Å². The van der Waals surface area contributed by atoms with E-state index in [-0.39, 0.29) is 23.2 Å². The van der Waals surface area contributed by atoms with Gasteiger partial charge in [-0.15, -0.1) is 0 Å². The second kappa shape index (κ2) is 8.71. The van der Waals surface area contributed by atoms with Crippen LogP contribution in [0.5, 0.6) is 0 Å². The molecule has 0 saturated carbocycles. The van der Waals surface area contributed by atoms with E-state index in [1.165, 1.54) is 12.1 Å². The van der Waals surface area contributed by atoms with Crippen molar-refractivity contribution in [1.29, 1.82) is 0 Å². The molecule has 144 valence electrons. The number of benzene rings is 1. The van der Waals surface area contributed by atoms with E-state index in [1.807, 2.05) is 25.7 Å². The minimum absolute atomic E-state index is 0.185. The van der Waals surface area contributed by atoms with Crippen molar-refractivity contribution >= 4 is 23.5 Å². The summed E-state index contributed by atoms with van der Waals surface area (Å²) in [6, 6.07) is 4.67. The van der Waals surface area contributed by atoms with Gasteiger partial charge in [0.05, 0.1) is 0 Å². The summed E-state index contributed by atoms with van der Waals surface area (Å²) >= 11 is 6.21. The Labute approximate surface area is 160 Å². The lowest BCUT2D eigenvalue weighted by Crippen LogP contribution is -2.48. The summed E-state index contributed by atoms with van der Waals surface area (Å²) in [5.41, 5.74) is 0.576. The molecule has 1 amide bonds. The molecule has 1 unspecified atom stereocenters. The molecule has 1 aromatic rings. The summed E-state index contributed by atoms with van der Waals surface area (Å²) in [5.74, 6) is 0.531. The van der Waals surface area contributed by atoms with Crippen LogP contribution < -0.4 is 10.6 Å². The van der Waals surface area contributed by atoms with Gasteiger partial charge in [-0.05, 0) is 24.1 Å². The van der Waals surface area contributed by atoms with Crippen LogP contribution in [0.2, 0.25) is 5.02 Å². The van der Waals surface area contributed by atoms with E-state index in [0.29, 0.717) is 30.5 Å². The molecular weight excluding hydrogens is 355 g/mol. The largest absolute Gasteiger partial charge is 0.356 e. The number of rotatable bonds is 5. The van der Waals surface area contributed by atoms with Crippen molar-refractivity contribution < 1.29 is 9.18 Å². The lowest BCUT2D eigenvalue weighted by molar-refractivity contribution is -0.129. The number of hydrogen-bond acceptors (Lipinski definition) is 2. The zero-order valence-electron chi connectivity index (χ0n) is 15.9. The standard InChI is InChI=1S/C19H28ClFN4O/c1-5-17(26)25-9-8-14(11-25)24-18(22-4)23-12-19(2,3)15-7-6-13(21)10-16(15)20/h6-7,10,14H,5,8-9,11-12H2,1-4H3,(H2,22,23,24). The Bertz CT molecular complexity index is 678. The molecule has 1 atom stereocenters. The average molecular weight is 383 g/mol. The van der Waals surface area contributed by atoms with Crippen molar-refractivity contribution in [3.05, 3.63) is 34.6 Å². The highest BCUT2D eigenvalue weighted by atomic mass is 35.5. The van der Waals surface area contributed by atoms with Crippen LogP contribution in [0, 0.1) is 5.82 Å². The number of nitrogens with one attached hydrogen (secondary N) is 2. The molecule has 7 heteroatoms. The molecule has 0 aliphatic carbocycles. The molecular formula is C19H28ClFN4O. The first-order valence-electron chi connectivity index (χ1n) is 8.97. The maximum absolute atomic E-state index is 13.3. The second-order valence-corrected chi connectivity index (χ2v) is 7.66. The number of aliphatic imine (C=N–C) groups is 1. The molecule has 5 nitrogen and oxygen atoms in total. The molecule has 2 rings (SSSR count). The first-order valence-corrected chi connectivity index (χ1v) is 9.35. The number of halogens is 2. The van der Waals surface area contributed by atoms with Crippen molar-refractivity contribution in [2.45, 2.75) is 45.1 Å². The normalized spacial score (nSPS) is 18.2. The molecule has 0 spiro atoms. The smallest absolute Gasteiger partial charge is 0.222 e. The Hall–Kier alpha value is -1.82. The van der Waals surface area contributed by atoms with Gasteiger partial charge in [-0.2, -0.15) is 0 Å². The lowest BCUT2D eigenvalue weighted by Gasteiger charge is -2.28. The monoisotopic (exact) mass is 382 g/mol. The van der Waals surface area contributed by atoms with E-state index in [9.17, 15) is 9.18 Å². The highest BCUT2D eigenvalue weighted by molar-refractivity contribution is 6.31. The molecule has 1 heterocycles. The molecule has 0 bridgehead atoms. The van der Waals surface area contributed by atoms with Gasteiger partial charge in [0.1, 0.15) is 5.82 Å². The van der Waals surface area contributed by atoms with E-state index in [0.717, 1.165) is 18.5 Å². The summed E-state index contributed by atoms with van der Waals surface area (Å²) < 4.78 is 13.3. The van der Waals surface area contributed by atoms with Gasteiger partial charge in [-0.25, -0.2) is 4.39 Å². The first kappa shape index (κ1) is 20.5. The van der Waals surface area contributed by atoms with E-state index in [2.05, 4.69) is 15.6 Å². The zero-order valence-corrected chi connectivity index (χ0v) is 16.7. The average Bonchev–Trinajstić information content (AvgIpc) is 3.06. The number of nitrogens with zero attached hydrogens (tertiary/aromatic N) is 2. The van der Waals surface area contributed by atoms with Gasteiger partial charge < -0.3 is 15.5 Å². The van der Waals surface area contributed by atoms with E-state index >= 15 is 0 Å². The van der Waals surface area contributed by atoms with Crippen LogP contribution in [0.3, 0.4) is 0 Å². The molecule has 1 aliphatic rings. The van der Waals surface area contributed by atoms with Crippen LogP contribution >= 0.6 is 11.6 Å². The maximum atomic E-state index is 13.3. The Morgan fingerprint density at radius 3 is 2.81 bits per heavy atom. The molecule has 26 heavy (non-hydrogen) atoms. The number of likely N-dealkylation sites (tertiary alicyclic amines) is 1. The van der Waals surface area contributed by atoms with Gasteiger partial charge in [0.15, 0.2) is 5.96 Å². The maximum Gasteiger partial charge on any atom is 0.222 e. The summed E-state index contributed by atoms with van der Waals surface area (Å²) in [6.45, 7) is 8.03. The summed E-state index contributed by atoms with van der Waals surface area (Å²) in [7, 11) is 1.72. The fourth-order valence-electron chi connectivity index (χ4n) is 3.15. The van der Waals surface area contributed by atoms with Crippen LogP contribution in [-0.4, -0.2) is 49.5 Å². The van der Waals surface area contributed by atoms with Crippen molar-refractivity contribution in [2.75, 3.05) is 26.7 Å². The van der Waals surface area contributed by atoms with Gasteiger partial charge in [0, 0.05) is 49.6 Å². The Balaban J connectivity index is 1.93. The fourth-order valence-corrected chi connectivity index (χ4v) is 3.58. The molecule has 0 aromatic heterocycles. The number of carbonyl (C=O) groups is 1. The van der Waals surface area contributed by atoms with Crippen molar-refractivity contribution in [3.8, 4) is 0 Å². The number of amides is 1. The quantitative estimate of drug-likeness (QED) is 0.608. The highest BCUT2D eigenvalue weighted by Crippen LogP contribution is 2.29. The predicted octanol–water partition coefficient (Wildman–Crippen LogP) is 2.93. The fraction of sp³-hybridized carbons (Fsp3) is 0.579. The van der Waals surface area contributed by atoms with Crippen LogP contribution in [0.25, 0.3) is 0 Å². The third kappa shape index (κ3) is 5.10. The van der Waals surface area contributed by atoms with Gasteiger partial charge in [0.25, 0.3) is 0 Å². The summed E-state index contributed by atoms with van der Waals surface area (Å²) in [4.78, 5) is 18.0. The van der Waals surface area contributed by atoms with Gasteiger partial charge in [-0.3, -0.25) is 9.79 Å². The lowest BCUT2D eigenvalue weighted by atomic mass is 9.84. The minimum Gasteiger partial charge on any atom is -0.356 e. The van der Waals surface area contributed by atoms with Crippen molar-refractivity contribution in [1.82, 2.24) is 15.5 Å².